The van der Waals surface area contributed by atoms with E-state index in [9.17, 15) is 9.59 Å². The lowest BCUT2D eigenvalue weighted by molar-refractivity contribution is -0.145. The lowest BCUT2D eigenvalue weighted by Crippen LogP contribution is -2.43. The highest BCUT2D eigenvalue weighted by Gasteiger charge is 2.22. The van der Waals surface area contributed by atoms with Gasteiger partial charge in [-0.1, -0.05) is 30.3 Å². The van der Waals surface area contributed by atoms with E-state index in [1.807, 2.05) is 30.3 Å². The largest absolute Gasteiger partial charge is 0.467 e. The monoisotopic (exact) mass is 301 g/mol. The zero-order valence-corrected chi connectivity index (χ0v) is 12.4. The molecule has 1 aromatic carbocycles. The van der Waals surface area contributed by atoms with Crippen LogP contribution in [-0.2, 0) is 27.2 Å². The summed E-state index contributed by atoms with van der Waals surface area (Å²) in [4.78, 5) is 30.6. The number of nitrogens with one attached hydrogen (secondary N) is 2. The summed E-state index contributed by atoms with van der Waals surface area (Å²) in [5, 5.41) is 2.71. The molecule has 6 heteroatoms. The van der Waals surface area contributed by atoms with Crippen molar-refractivity contribution in [3.8, 4) is 0 Å². The maximum absolute atomic E-state index is 12.0. The Bertz CT molecular complexity index is 596. The molecule has 0 radical (unpaired) electrons. The first-order valence-corrected chi connectivity index (χ1v) is 7.07. The summed E-state index contributed by atoms with van der Waals surface area (Å²) < 4.78 is 4.74. The molecule has 116 valence electrons. The molecule has 0 fully saturated rings. The first-order chi connectivity index (χ1) is 10.7. The molecule has 0 saturated carbocycles. The van der Waals surface area contributed by atoms with Crippen LogP contribution >= 0.6 is 0 Å². The number of esters is 1. The van der Waals surface area contributed by atoms with Crippen LogP contribution in [0, 0.1) is 0 Å². The number of aromatic amines is 1. The number of methoxy groups -OCH3 is 1. The van der Waals surface area contributed by atoms with E-state index >= 15 is 0 Å². The Kier molecular flexibility index (Phi) is 5.71. The van der Waals surface area contributed by atoms with Gasteiger partial charge in [0.05, 0.1) is 13.4 Å². The second-order valence-electron chi connectivity index (χ2n) is 4.91. The van der Waals surface area contributed by atoms with Gasteiger partial charge in [-0.3, -0.25) is 4.79 Å². The molecule has 0 aliphatic carbocycles. The third-order valence-electron chi connectivity index (χ3n) is 3.28. The van der Waals surface area contributed by atoms with Crippen LogP contribution in [0.3, 0.4) is 0 Å². The van der Waals surface area contributed by atoms with Crippen LogP contribution in [-0.4, -0.2) is 35.0 Å². The van der Waals surface area contributed by atoms with Crippen LogP contribution < -0.4 is 5.32 Å². The number of benzene rings is 1. The van der Waals surface area contributed by atoms with Crippen molar-refractivity contribution in [1.29, 1.82) is 0 Å². The van der Waals surface area contributed by atoms with E-state index in [-0.39, 0.29) is 5.91 Å². The fraction of sp³-hybridized carbons (Fsp3) is 0.312. The van der Waals surface area contributed by atoms with Crippen molar-refractivity contribution in [1.82, 2.24) is 15.3 Å². The number of carbonyl (C=O) groups is 2. The molecule has 22 heavy (non-hydrogen) atoms. The lowest BCUT2D eigenvalue weighted by Gasteiger charge is -2.15. The lowest BCUT2D eigenvalue weighted by atomic mass is 10.1. The Morgan fingerprint density at radius 3 is 2.73 bits per heavy atom. The van der Waals surface area contributed by atoms with Gasteiger partial charge in [0.15, 0.2) is 0 Å². The van der Waals surface area contributed by atoms with Crippen molar-refractivity contribution in [2.24, 2.45) is 0 Å². The van der Waals surface area contributed by atoms with Gasteiger partial charge < -0.3 is 15.0 Å². The third kappa shape index (κ3) is 4.73. The highest BCUT2D eigenvalue weighted by atomic mass is 16.5. The first kappa shape index (κ1) is 15.8. The second-order valence-corrected chi connectivity index (χ2v) is 4.91. The summed E-state index contributed by atoms with van der Waals surface area (Å²) in [5.41, 5.74) is 1.85. The molecule has 2 aromatic rings. The summed E-state index contributed by atoms with van der Waals surface area (Å²) in [6.07, 6.45) is 4.42. The predicted molar refractivity (Wildman–Crippen MR) is 81.0 cm³/mol. The van der Waals surface area contributed by atoms with Crippen LogP contribution in [0.2, 0.25) is 0 Å². The van der Waals surface area contributed by atoms with E-state index in [1.165, 1.54) is 13.4 Å². The van der Waals surface area contributed by atoms with Crippen molar-refractivity contribution in [2.45, 2.75) is 25.3 Å². The Labute approximate surface area is 128 Å². The van der Waals surface area contributed by atoms with Gasteiger partial charge in [0, 0.05) is 24.7 Å². The van der Waals surface area contributed by atoms with E-state index in [0.29, 0.717) is 19.3 Å². The molecular weight excluding hydrogens is 282 g/mol. The molecular formula is C16H19N3O3. The summed E-state index contributed by atoms with van der Waals surface area (Å²) in [6.45, 7) is 0. The van der Waals surface area contributed by atoms with Crippen molar-refractivity contribution in [3.63, 3.8) is 0 Å². The predicted octanol–water partition coefficient (Wildman–Crippen LogP) is 1.24. The number of aryl methyl sites for hydroxylation is 1. The zero-order valence-electron chi connectivity index (χ0n) is 12.4. The Balaban J connectivity index is 1.88. The summed E-state index contributed by atoms with van der Waals surface area (Å²) in [6, 6.07) is 9.02. The highest BCUT2D eigenvalue weighted by Crippen LogP contribution is 2.04. The average Bonchev–Trinajstić information content (AvgIpc) is 3.05. The molecule has 2 N–H and O–H groups in total. The van der Waals surface area contributed by atoms with Crippen LogP contribution in [0.1, 0.15) is 17.7 Å². The van der Waals surface area contributed by atoms with Gasteiger partial charge in [0.2, 0.25) is 5.91 Å². The maximum atomic E-state index is 12.0. The number of amides is 1. The number of ether oxygens (including phenoxy) is 1. The van der Waals surface area contributed by atoms with Crippen LogP contribution in [0.25, 0.3) is 0 Å². The minimum Gasteiger partial charge on any atom is -0.467 e. The fourth-order valence-electron chi connectivity index (χ4n) is 2.12. The van der Waals surface area contributed by atoms with Crippen molar-refractivity contribution in [3.05, 3.63) is 54.1 Å². The number of nitrogens with zero attached hydrogens (tertiary/aromatic N) is 1. The topological polar surface area (TPSA) is 84.1 Å². The highest BCUT2D eigenvalue weighted by molar-refractivity contribution is 5.84. The number of aromatic nitrogens is 2. The standard InChI is InChI=1S/C16H19N3O3/c1-22-16(21)14(9-13-10-17-11-18-13)19-15(20)8-7-12-5-3-2-4-6-12/h2-6,10-11,14H,7-9H2,1H3,(H,17,18)(H,19,20)/t14-/m0/s1. The minimum absolute atomic E-state index is 0.182. The smallest absolute Gasteiger partial charge is 0.328 e. The number of hydrogen-bond donors (Lipinski definition) is 2. The number of rotatable bonds is 7. The molecule has 0 aliphatic heterocycles. The van der Waals surface area contributed by atoms with Crippen molar-refractivity contribution in [2.75, 3.05) is 7.11 Å². The normalized spacial score (nSPS) is 11.7. The van der Waals surface area contributed by atoms with Crippen LogP contribution in [0.15, 0.2) is 42.9 Å². The number of carbonyl (C=O) groups excluding carboxylic acids is 2. The van der Waals surface area contributed by atoms with Gasteiger partial charge in [0.1, 0.15) is 6.04 Å². The Hall–Kier alpha value is -2.63. The van der Waals surface area contributed by atoms with E-state index in [0.717, 1.165) is 11.3 Å². The SMILES string of the molecule is COC(=O)[C@H](Cc1cnc[nH]1)NC(=O)CCc1ccccc1. The molecule has 1 atom stereocenters. The second kappa shape index (κ2) is 7.97. The molecule has 1 aromatic heterocycles. The van der Waals surface area contributed by atoms with E-state index in [1.54, 1.807) is 6.20 Å². The first-order valence-electron chi connectivity index (χ1n) is 7.07. The molecule has 0 saturated heterocycles. The molecule has 0 spiro atoms. The molecule has 0 bridgehead atoms. The van der Waals surface area contributed by atoms with Gasteiger partial charge in [-0.05, 0) is 12.0 Å². The molecule has 0 aliphatic rings. The summed E-state index contributed by atoms with van der Waals surface area (Å²) >= 11 is 0. The summed E-state index contributed by atoms with van der Waals surface area (Å²) in [5.74, 6) is -0.651. The third-order valence-corrected chi connectivity index (χ3v) is 3.28. The van der Waals surface area contributed by atoms with Crippen LogP contribution in [0.4, 0.5) is 0 Å². The number of hydrogen-bond acceptors (Lipinski definition) is 4. The average molecular weight is 301 g/mol. The van der Waals surface area contributed by atoms with E-state index in [2.05, 4.69) is 15.3 Å². The summed E-state index contributed by atoms with van der Waals surface area (Å²) in [7, 11) is 1.30. The quantitative estimate of drug-likeness (QED) is 0.754. The molecule has 6 nitrogen and oxygen atoms in total. The number of H-pyrrole nitrogens is 1. The van der Waals surface area contributed by atoms with Gasteiger partial charge >= 0.3 is 5.97 Å². The molecule has 1 heterocycles. The molecule has 1 amide bonds. The zero-order chi connectivity index (χ0) is 15.8. The van der Waals surface area contributed by atoms with E-state index in [4.69, 9.17) is 4.74 Å². The van der Waals surface area contributed by atoms with Crippen molar-refractivity contribution < 1.29 is 14.3 Å². The van der Waals surface area contributed by atoms with E-state index < -0.39 is 12.0 Å². The Morgan fingerprint density at radius 2 is 2.09 bits per heavy atom. The molecule has 2 rings (SSSR count). The van der Waals surface area contributed by atoms with Gasteiger partial charge in [-0.15, -0.1) is 0 Å². The minimum atomic E-state index is -0.714. The molecule has 0 unspecified atom stereocenters. The fourth-order valence-corrected chi connectivity index (χ4v) is 2.12. The van der Waals surface area contributed by atoms with Crippen LogP contribution in [0.5, 0.6) is 0 Å². The maximum Gasteiger partial charge on any atom is 0.328 e. The Morgan fingerprint density at radius 1 is 1.32 bits per heavy atom. The van der Waals surface area contributed by atoms with Crippen molar-refractivity contribution >= 4 is 11.9 Å². The van der Waals surface area contributed by atoms with Gasteiger partial charge in [0.25, 0.3) is 0 Å². The van der Waals surface area contributed by atoms with Gasteiger partial charge in [-0.2, -0.15) is 0 Å². The van der Waals surface area contributed by atoms with Gasteiger partial charge in [-0.25, -0.2) is 9.78 Å². The number of imidazole rings is 1.